The van der Waals surface area contributed by atoms with Gasteiger partial charge in [-0.3, -0.25) is 0 Å². The highest BCUT2D eigenvalue weighted by Gasteiger charge is 2.42. The molecule has 1 unspecified atom stereocenters. The van der Waals surface area contributed by atoms with Gasteiger partial charge in [0.05, 0.1) is 18.7 Å². The lowest BCUT2D eigenvalue weighted by Gasteiger charge is -2.41. The summed E-state index contributed by atoms with van der Waals surface area (Å²) >= 11 is 0. The van der Waals surface area contributed by atoms with Crippen molar-refractivity contribution in [2.45, 2.75) is 25.4 Å². The molecular formula is C19H23N2O+. The monoisotopic (exact) mass is 295 g/mol. The third-order valence-electron chi connectivity index (χ3n) is 4.97. The second-order valence-electron chi connectivity index (χ2n) is 6.18. The van der Waals surface area contributed by atoms with Crippen LogP contribution >= 0.6 is 0 Å². The summed E-state index contributed by atoms with van der Waals surface area (Å²) in [7, 11) is 2.25. The van der Waals surface area contributed by atoms with Crippen LogP contribution in [0.1, 0.15) is 36.6 Å². The van der Waals surface area contributed by atoms with E-state index in [0.29, 0.717) is 12.1 Å². The van der Waals surface area contributed by atoms with E-state index in [1.54, 1.807) is 0 Å². The quantitative estimate of drug-likeness (QED) is 0.649. The zero-order valence-electron chi connectivity index (χ0n) is 13.1. The van der Waals surface area contributed by atoms with Crippen LogP contribution in [0.5, 0.6) is 0 Å². The first kappa shape index (κ1) is 14.8. The highest BCUT2D eigenvalue weighted by Crippen LogP contribution is 2.30. The molecule has 3 rings (SSSR count). The molecule has 1 aliphatic heterocycles. The lowest BCUT2D eigenvalue weighted by molar-refractivity contribution is -0.948. The van der Waals surface area contributed by atoms with Crippen LogP contribution in [0, 0.1) is 5.92 Å². The van der Waals surface area contributed by atoms with Crippen molar-refractivity contribution in [2.24, 2.45) is 11.1 Å². The van der Waals surface area contributed by atoms with Gasteiger partial charge in [-0.1, -0.05) is 72.7 Å². The molecule has 2 N–H and O–H groups in total. The van der Waals surface area contributed by atoms with Crippen LogP contribution in [0.2, 0.25) is 0 Å². The largest absolute Gasteiger partial charge is 0.411 e. The molecule has 0 saturated carbocycles. The third kappa shape index (κ3) is 2.64. The van der Waals surface area contributed by atoms with Crippen molar-refractivity contribution in [2.75, 3.05) is 7.05 Å². The number of nitrogens with one attached hydrogen (secondary N) is 1. The summed E-state index contributed by atoms with van der Waals surface area (Å²) in [5, 5.41) is 13.1. The van der Waals surface area contributed by atoms with E-state index in [4.69, 9.17) is 0 Å². The van der Waals surface area contributed by atoms with E-state index in [0.717, 1.165) is 12.1 Å². The molecule has 4 atom stereocenters. The SMILES string of the molecule is C[C@H]1/C(=N/O)C[C@@H](c2ccccc2)[NH+](C)[C@H]1c1ccccc1. The predicted molar refractivity (Wildman–Crippen MR) is 88.3 cm³/mol. The second kappa shape index (κ2) is 6.32. The van der Waals surface area contributed by atoms with Gasteiger partial charge >= 0.3 is 0 Å². The van der Waals surface area contributed by atoms with Crippen molar-refractivity contribution >= 4 is 5.71 Å². The Morgan fingerprint density at radius 2 is 1.50 bits per heavy atom. The Kier molecular flexibility index (Phi) is 4.25. The minimum atomic E-state index is 0.229. The van der Waals surface area contributed by atoms with Gasteiger partial charge < -0.3 is 10.1 Å². The van der Waals surface area contributed by atoms with Gasteiger partial charge in [-0.15, -0.1) is 0 Å². The molecule has 1 aliphatic rings. The Labute approximate surface area is 131 Å². The van der Waals surface area contributed by atoms with Crippen molar-refractivity contribution < 1.29 is 10.1 Å². The minimum Gasteiger partial charge on any atom is -0.411 e. The molecule has 3 heteroatoms. The number of rotatable bonds is 2. The highest BCUT2D eigenvalue weighted by atomic mass is 16.4. The third-order valence-corrected chi connectivity index (χ3v) is 4.97. The van der Waals surface area contributed by atoms with Gasteiger partial charge in [-0.05, 0) is 0 Å². The number of benzene rings is 2. The summed E-state index contributed by atoms with van der Waals surface area (Å²) in [6.45, 7) is 2.16. The van der Waals surface area contributed by atoms with Crippen LogP contribution in [-0.4, -0.2) is 18.0 Å². The van der Waals surface area contributed by atoms with Crippen LogP contribution in [0.25, 0.3) is 0 Å². The summed E-state index contributed by atoms with van der Waals surface area (Å²) in [6, 6.07) is 21.7. The fourth-order valence-electron chi connectivity index (χ4n) is 3.77. The number of hydrogen-bond acceptors (Lipinski definition) is 2. The summed E-state index contributed by atoms with van der Waals surface area (Å²) < 4.78 is 0. The van der Waals surface area contributed by atoms with E-state index in [9.17, 15) is 5.21 Å². The molecule has 1 heterocycles. The van der Waals surface area contributed by atoms with Crippen LogP contribution < -0.4 is 4.90 Å². The molecular weight excluding hydrogens is 272 g/mol. The van der Waals surface area contributed by atoms with Crippen LogP contribution in [0.15, 0.2) is 65.8 Å². The number of nitrogens with zero attached hydrogens (tertiary/aromatic N) is 1. The first-order valence-corrected chi connectivity index (χ1v) is 7.86. The van der Waals surface area contributed by atoms with E-state index < -0.39 is 0 Å². The maximum absolute atomic E-state index is 9.46. The molecule has 114 valence electrons. The molecule has 2 aromatic carbocycles. The van der Waals surface area contributed by atoms with Gasteiger partial charge in [0.2, 0.25) is 0 Å². The van der Waals surface area contributed by atoms with Crippen molar-refractivity contribution in [3.05, 3.63) is 71.8 Å². The van der Waals surface area contributed by atoms with E-state index in [1.165, 1.54) is 16.0 Å². The van der Waals surface area contributed by atoms with Crippen LogP contribution in [0.4, 0.5) is 0 Å². The molecule has 0 aromatic heterocycles. The van der Waals surface area contributed by atoms with Crippen molar-refractivity contribution in [3.63, 3.8) is 0 Å². The van der Waals surface area contributed by atoms with Gasteiger partial charge in [0.25, 0.3) is 0 Å². The number of oxime groups is 1. The lowest BCUT2D eigenvalue weighted by atomic mass is 9.80. The number of piperidine rings is 1. The molecule has 0 bridgehead atoms. The van der Waals surface area contributed by atoms with Gasteiger partial charge in [0.15, 0.2) is 0 Å². The van der Waals surface area contributed by atoms with Gasteiger partial charge in [-0.25, -0.2) is 0 Å². The molecule has 0 aliphatic carbocycles. The molecule has 1 saturated heterocycles. The summed E-state index contributed by atoms with van der Waals surface area (Å²) in [5.41, 5.74) is 3.50. The molecule has 3 nitrogen and oxygen atoms in total. The van der Waals surface area contributed by atoms with Crippen molar-refractivity contribution in [1.82, 2.24) is 0 Å². The normalized spacial score (nSPS) is 30.4. The zero-order valence-corrected chi connectivity index (χ0v) is 13.1. The molecule has 0 radical (unpaired) electrons. The van der Waals surface area contributed by atoms with Crippen LogP contribution in [0.3, 0.4) is 0 Å². The molecule has 22 heavy (non-hydrogen) atoms. The molecule has 0 spiro atoms. The Morgan fingerprint density at radius 1 is 0.955 bits per heavy atom. The Balaban J connectivity index is 2.01. The van der Waals surface area contributed by atoms with Crippen LogP contribution in [-0.2, 0) is 0 Å². The summed E-state index contributed by atoms with van der Waals surface area (Å²) in [4.78, 5) is 1.46. The zero-order chi connectivity index (χ0) is 15.5. The van der Waals surface area contributed by atoms with E-state index in [-0.39, 0.29) is 5.92 Å². The summed E-state index contributed by atoms with van der Waals surface area (Å²) in [6.07, 6.45) is 0.802. The maximum Gasteiger partial charge on any atom is 0.121 e. The fraction of sp³-hybridized carbons (Fsp3) is 0.316. The number of hydrogen-bond donors (Lipinski definition) is 2. The minimum absolute atomic E-state index is 0.229. The highest BCUT2D eigenvalue weighted by molar-refractivity contribution is 5.87. The van der Waals surface area contributed by atoms with E-state index in [2.05, 4.69) is 67.7 Å². The first-order valence-electron chi connectivity index (χ1n) is 7.86. The Morgan fingerprint density at radius 3 is 2.05 bits per heavy atom. The number of likely N-dealkylation sites (tertiary alicyclic amines) is 1. The molecule has 1 fully saturated rings. The van der Waals surface area contributed by atoms with Gasteiger partial charge in [0.1, 0.15) is 12.1 Å². The Hall–Kier alpha value is -2.13. The summed E-state index contributed by atoms with van der Waals surface area (Å²) in [5.74, 6) is 0.229. The lowest BCUT2D eigenvalue weighted by Crippen LogP contribution is -3.11. The standard InChI is InChI=1S/C19H22N2O/c1-14-17(20-22)13-18(15-9-5-3-6-10-15)21(2)19(14)16-11-7-4-8-12-16/h3-12,14,18-19,22H,13H2,1-2H3/p+1/b20-17+/t14-,18-,19+/m0/s1. The maximum atomic E-state index is 9.46. The molecule has 0 amide bonds. The Bertz CT molecular complexity index is 639. The van der Waals surface area contributed by atoms with Gasteiger partial charge in [0, 0.05) is 17.5 Å². The fourth-order valence-corrected chi connectivity index (χ4v) is 3.77. The van der Waals surface area contributed by atoms with E-state index in [1.807, 2.05) is 12.1 Å². The predicted octanol–water partition coefficient (Wildman–Crippen LogP) is 2.85. The first-order chi connectivity index (χ1) is 10.7. The second-order valence-corrected chi connectivity index (χ2v) is 6.18. The topological polar surface area (TPSA) is 37.0 Å². The van der Waals surface area contributed by atoms with E-state index >= 15 is 0 Å². The average Bonchev–Trinajstić information content (AvgIpc) is 2.57. The average molecular weight is 295 g/mol. The molecule has 2 aromatic rings. The van der Waals surface area contributed by atoms with Crippen molar-refractivity contribution in [3.8, 4) is 0 Å². The van der Waals surface area contributed by atoms with Gasteiger partial charge in [-0.2, -0.15) is 0 Å². The number of quaternary nitrogens is 1. The smallest absolute Gasteiger partial charge is 0.121 e. The van der Waals surface area contributed by atoms with Crippen molar-refractivity contribution in [1.29, 1.82) is 0 Å².